The first kappa shape index (κ1) is 16.6. The van der Waals surface area contributed by atoms with Crippen molar-refractivity contribution >= 4 is 45.1 Å². The van der Waals surface area contributed by atoms with Crippen LogP contribution in [0, 0.1) is 0 Å². The van der Waals surface area contributed by atoms with Gasteiger partial charge < -0.3 is 9.73 Å². The molecule has 0 radical (unpaired) electrons. The van der Waals surface area contributed by atoms with Gasteiger partial charge in [-0.05, 0) is 18.2 Å². The number of aromatic nitrogens is 1. The van der Waals surface area contributed by atoms with E-state index in [0.29, 0.717) is 33.7 Å². The lowest BCUT2D eigenvalue weighted by Gasteiger charge is -2.04. The molecule has 3 rings (SSSR count). The molecule has 126 valence electrons. The lowest BCUT2D eigenvalue weighted by Crippen LogP contribution is -2.27. The fourth-order valence-electron chi connectivity index (χ4n) is 1.97. The Morgan fingerprint density at radius 2 is 2.17 bits per heavy atom. The minimum atomic E-state index is -4.48. The van der Waals surface area contributed by atoms with E-state index in [-0.39, 0.29) is 11.7 Å². The predicted octanol–water partition coefficient (Wildman–Crippen LogP) is 4.88. The molecule has 2 aromatic heterocycles. The molecule has 0 aliphatic heterocycles. The molecule has 2 amide bonds. The fourth-order valence-corrected chi connectivity index (χ4v) is 2.81. The molecule has 0 bridgehead atoms. The number of rotatable bonds is 3. The first-order valence-electron chi connectivity index (χ1n) is 6.56. The van der Waals surface area contributed by atoms with E-state index in [1.54, 1.807) is 18.2 Å². The number of carbonyl (C=O) groups excluding carboxylic acids is 1. The van der Waals surface area contributed by atoms with E-state index in [2.05, 4.69) is 15.6 Å². The second-order valence-electron chi connectivity index (χ2n) is 4.74. The van der Waals surface area contributed by atoms with Crippen LogP contribution in [-0.4, -0.2) is 11.0 Å². The van der Waals surface area contributed by atoms with Gasteiger partial charge >= 0.3 is 12.2 Å². The maximum atomic E-state index is 12.5. The van der Waals surface area contributed by atoms with Crippen molar-refractivity contribution in [1.29, 1.82) is 0 Å². The Bertz CT molecular complexity index is 891. The molecule has 5 nitrogen and oxygen atoms in total. The van der Waals surface area contributed by atoms with E-state index in [1.807, 2.05) is 0 Å². The van der Waals surface area contributed by atoms with Gasteiger partial charge in [0, 0.05) is 22.5 Å². The van der Waals surface area contributed by atoms with E-state index in [0.717, 1.165) is 5.39 Å². The Morgan fingerprint density at radius 3 is 2.88 bits per heavy atom. The van der Waals surface area contributed by atoms with Gasteiger partial charge in [0.25, 0.3) is 0 Å². The van der Waals surface area contributed by atoms with Crippen molar-refractivity contribution in [2.75, 3.05) is 5.32 Å². The highest BCUT2D eigenvalue weighted by atomic mass is 35.5. The topological polar surface area (TPSA) is 67.2 Å². The predicted molar refractivity (Wildman–Crippen MR) is 84.2 cm³/mol. The van der Waals surface area contributed by atoms with Gasteiger partial charge in [0.05, 0.1) is 12.5 Å². The number of alkyl halides is 3. The summed E-state index contributed by atoms with van der Waals surface area (Å²) in [5, 5.41) is 5.97. The second kappa shape index (κ2) is 6.33. The number of nitrogens with zero attached hydrogens (tertiary/aromatic N) is 1. The molecule has 1 aromatic carbocycles. The van der Waals surface area contributed by atoms with Crippen LogP contribution in [0.5, 0.6) is 0 Å². The van der Waals surface area contributed by atoms with E-state index in [4.69, 9.17) is 16.0 Å². The maximum Gasteiger partial charge on any atom is 0.427 e. The number of halogens is 4. The van der Waals surface area contributed by atoms with Gasteiger partial charge in [0.2, 0.25) is 0 Å². The van der Waals surface area contributed by atoms with Crippen molar-refractivity contribution in [3.05, 3.63) is 46.1 Å². The van der Waals surface area contributed by atoms with Crippen molar-refractivity contribution in [2.45, 2.75) is 12.7 Å². The summed E-state index contributed by atoms with van der Waals surface area (Å²) in [7, 11) is 0. The molecule has 0 unspecified atom stereocenters. The van der Waals surface area contributed by atoms with Crippen LogP contribution in [0.2, 0.25) is 5.02 Å². The number of carbonyl (C=O) groups is 1. The zero-order valence-electron chi connectivity index (χ0n) is 11.8. The number of urea groups is 1. The molecule has 0 fully saturated rings. The van der Waals surface area contributed by atoms with Crippen molar-refractivity contribution in [3.63, 3.8) is 0 Å². The zero-order valence-corrected chi connectivity index (χ0v) is 13.4. The van der Waals surface area contributed by atoms with E-state index < -0.39 is 17.1 Å². The van der Waals surface area contributed by atoms with Crippen LogP contribution in [-0.2, 0) is 12.7 Å². The van der Waals surface area contributed by atoms with Crippen LogP contribution in [0.4, 0.5) is 23.1 Å². The number of fused-ring (bicyclic) bond motifs is 1. The Kier molecular flexibility index (Phi) is 4.37. The Hall–Kier alpha value is -2.26. The van der Waals surface area contributed by atoms with Crippen LogP contribution in [0.25, 0.3) is 11.0 Å². The highest BCUT2D eigenvalue weighted by Gasteiger charge is 2.33. The van der Waals surface area contributed by atoms with Crippen LogP contribution >= 0.6 is 22.9 Å². The fraction of sp³-hybridized carbons (Fsp3) is 0.143. The highest BCUT2D eigenvalue weighted by molar-refractivity contribution is 7.15. The van der Waals surface area contributed by atoms with Crippen LogP contribution in [0.1, 0.15) is 10.4 Å². The SMILES string of the molecule is O=C(NCc1coc2cc(Cl)ccc12)Nc1ncc(C(F)(F)F)s1. The number of thiazole rings is 1. The summed E-state index contributed by atoms with van der Waals surface area (Å²) >= 11 is 6.21. The monoisotopic (exact) mass is 375 g/mol. The molecular formula is C14H9ClF3N3O2S. The Labute approximate surface area is 142 Å². The van der Waals surface area contributed by atoms with Gasteiger partial charge in [0.15, 0.2) is 5.13 Å². The second-order valence-corrected chi connectivity index (χ2v) is 6.20. The summed E-state index contributed by atoms with van der Waals surface area (Å²) < 4.78 is 42.7. The zero-order chi connectivity index (χ0) is 17.3. The average Bonchev–Trinajstić information content (AvgIpc) is 3.11. The lowest BCUT2D eigenvalue weighted by molar-refractivity contribution is -0.134. The molecule has 10 heteroatoms. The Morgan fingerprint density at radius 1 is 1.38 bits per heavy atom. The van der Waals surface area contributed by atoms with Gasteiger partial charge in [-0.1, -0.05) is 22.9 Å². The first-order valence-corrected chi connectivity index (χ1v) is 7.76. The molecule has 0 saturated heterocycles. The van der Waals surface area contributed by atoms with Gasteiger partial charge in [-0.25, -0.2) is 9.78 Å². The van der Waals surface area contributed by atoms with Gasteiger partial charge in [-0.3, -0.25) is 5.32 Å². The largest absolute Gasteiger partial charge is 0.464 e. The number of nitrogens with one attached hydrogen (secondary N) is 2. The van der Waals surface area contributed by atoms with Crippen LogP contribution < -0.4 is 10.6 Å². The molecule has 2 N–H and O–H groups in total. The molecular weight excluding hydrogens is 367 g/mol. The lowest BCUT2D eigenvalue weighted by atomic mass is 10.2. The van der Waals surface area contributed by atoms with Crippen LogP contribution in [0.15, 0.2) is 35.1 Å². The number of hydrogen-bond acceptors (Lipinski definition) is 4. The summed E-state index contributed by atoms with van der Waals surface area (Å²) in [6.45, 7) is 0.137. The molecule has 0 aliphatic carbocycles. The molecule has 0 saturated carbocycles. The number of hydrogen-bond donors (Lipinski definition) is 2. The maximum absolute atomic E-state index is 12.5. The van der Waals surface area contributed by atoms with E-state index >= 15 is 0 Å². The highest BCUT2D eigenvalue weighted by Crippen LogP contribution is 2.35. The third-order valence-electron chi connectivity index (χ3n) is 3.06. The summed E-state index contributed by atoms with van der Waals surface area (Å²) in [6, 6.07) is 4.43. The quantitative estimate of drug-likeness (QED) is 0.685. The molecule has 0 spiro atoms. The Balaban J connectivity index is 1.62. The van der Waals surface area contributed by atoms with Crippen molar-refractivity contribution in [2.24, 2.45) is 0 Å². The third-order valence-corrected chi connectivity index (χ3v) is 4.26. The van der Waals surface area contributed by atoms with E-state index in [1.165, 1.54) is 6.26 Å². The number of benzene rings is 1. The van der Waals surface area contributed by atoms with Gasteiger partial charge in [-0.2, -0.15) is 13.2 Å². The summed E-state index contributed by atoms with van der Waals surface area (Å²) in [6.07, 6.45) is -2.33. The third kappa shape index (κ3) is 3.62. The molecule has 24 heavy (non-hydrogen) atoms. The van der Waals surface area contributed by atoms with E-state index in [9.17, 15) is 18.0 Å². The van der Waals surface area contributed by atoms with Crippen molar-refractivity contribution in [3.8, 4) is 0 Å². The smallest absolute Gasteiger partial charge is 0.427 e. The summed E-state index contributed by atoms with van der Waals surface area (Å²) in [4.78, 5) is 14.4. The molecule has 0 aliphatic rings. The average molecular weight is 376 g/mol. The minimum Gasteiger partial charge on any atom is -0.464 e. The molecule has 0 atom stereocenters. The molecule has 3 aromatic rings. The van der Waals surface area contributed by atoms with Gasteiger partial charge in [0.1, 0.15) is 10.5 Å². The normalized spacial score (nSPS) is 11.7. The van der Waals surface area contributed by atoms with Crippen molar-refractivity contribution in [1.82, 2.24) is 10.3 Å². The number of furan rings is 1. The standard InChI is InChI=1S/C14H9ClF3N3O2S/c15-8-1-2-9-7(6-23-10(9)3-8)4-19-12(22)21-13-20-5-11(24-13)14(16,17)18/h1-3,5-6H,4H2,(H2,19,20,21,22). The number of anilines is 1. The number of amides is 2. The van der Waals surface area contributed by atoms with Gasteiger partial charge in [-0.15, -0.1) is 0 Å². The molecule has 2 heterocycles. The van der Waals surface area contributed by atoms with Crippen LogP contribution in [0.3, 0.4) is 0 Å². The summed E-state index contributed by atoms with van der Waals surface area (Å²) in [5.41, 5.74) is 1.29. The summed E-state index contributed by atoms with van der Waals surface area (Å²) in [5.74, 6) is 0. The van der Waals surface area contributed by atoms with Crippen molar-refractivity contribution < 1.29 is 22.4 Å². The first-order chi connectivity index (χ1) is 11.3. The minimum absolute atomic E-state index is 0.136.